The second-order valence-electron chi connectivity index (χ2n) is 5.64. The topological polar surface area (TPSA) is 66.1 Å². The van der Waals surface area contributed by atoms with Crippen molar-refractivity contribution in [2.75, 3.05) is 43.6 Å². The molecule has 0 radical (unpaired) electrons. The van der Waals surface area contributed by atoms with Crippen LogP contribution in [0.4, 0.5) is 11.5 Å². The Kier molecular flexibility index (Phi) is 3.59. The van der Waals surface area contributed by atoms with E-state index < -0.39 is 0 Å². The van der Waals surface area contributed by atoms with Crippen molar-refractivity contribution in [3.05, 3.63) is 36.8 Å². The van der Waals surface area contributed by atoms with Crippen molar-refractivity contribution in [1.29, 1.82) is 0 Å². The molecule has 3 aromatic rings. The third-order valence-corrected chi connectivity index (χ3v) is 4.18. The SMILES string of the molecule is COCCN1CCNc2ncc(-c3cnc4[nH]ccc4c3)cc21. The number of nitrogens with one attached hydrogen (secondary N) is 2. The van der Waals surface area contributed by atoms with E-state index in [-0.39, 0.29) is 0 Å². The van der Waals surface area contributed by atoms with Gasteiger partial charge in [0.25, 0.3) is 0 Å². The number of aromatic amines is 1. The van der Waals surface area contributed by atoms with E-state index in [0.717, 1.165) is 53.3 Å². The number of rotatable bonds is 4. The first-order valence-corrected chi connectivity index (χ1v) is 7.76. The van der Waals surface area contributed by atoms with Crippen molar-refractivity contribution >= 4 is 22.5 Å². The number of methoxy groups -OCH3 is 1. The Morgan fingerprint density at radius 2 is 2.09 bits per heavy atom. The largest absolute Gasteiger partial charge is 0.383 e. The Morgan fingerprint density at radius 1 is 1.22 bits per heavy atom. The molecule has 4 rings (SSSR count). The fourth-order valence-electron chi connectivity index (χ4n) is 2.95. The van der Waals surface area contributed by atoms with Crippen molar-refractivity contribution in [3.8, 4) is 11.1 Å². The van der Waals surface area contributed by atoms with E-state index in [2.05, 4.69) is 37.3 Å². The monoisotopic (exact) mass is 309 g/mol. The maximum Gasteiger partial charge on any atom is 0.149 e. The molecule has 0 spiro atoms. The summed E-state index contributed by atoms with van der Waals surface area (Å²) in [5, 5.41) is 4.47. The fraction of sp³-hybridized carbons (Fsp3) is 0.294. The summed E-state index contributed by atoms with van der Waals surface area (Å²) in [7, 11) is 1.73. The van der Waals surface area contributed by atoms with Gasteiger partial charge in [0.2, 0.25) is 0 Å². The van der Waals surface area contributed by atoms with Crippen molar-refractivity contribution in [2.45, 2.75) is 0 Å². The van der Waals surface area contributed by atoms with Crippen LogP contribution in [0.2, 0.25) is 0 Å². The van der Waals surface area contributed by atoms with Gasteiger partial charge in [-0.25, -0.2) is 9.97 Å². The Labute approximate surface area is 134 Å². The van der Waals surface area contributed by atoms with Gasteiger partial charge in [-0.05, 0) is 18.2 Å². The molecule has 0 fully saturated rings. The molecular weight excluding hydrogens is 290 g/mol. The van der Waals surface area contributed by atoms with E-state index in [0.29, 0.717) is 6.61 Å². The molecule has 6 nitrogen and oxygen atoms in total. The maximum absolute atomic E-state index is 5.22. The number of aromatic nitrogens is 3. The van der Waals surface area contributed by atoms with Gasteiger partial charge in [-0.1, -0.05) is 0 Å². The molecule has 0 aromatic carbocycles. The number of H-pyrrole nitrogens is 1. The Morgan fingerprint density at radius 3 is 3.00 bits per heavy atom. The zero-order valence-corrected chi connectivity index (χ0v) is 13.0. The quantitative estimate of drug-likeness (QED) is 0.775. The van der Waals surface area contributed by atoms with Crippen molar-refractivity contribution in [1.82, 2.24) is 15.0 Å². The van der Waals surface area contributed by atoms with Gasteiger partial charge in [-0.3, -0.25) is 0 Å². The van der Waals surface area contributed by atoms with Gasteiger partial charge in [-0.15, -0.1) is 0 Å². The fourth-order valence-corrected chi connectivity index (χ4v) is 2.95. The van der Waals surface area contributed by atoms with Crippen LogP contribution in [0.1, 0.15) is 0 Å². The van der Waals surface area contributed by atoms with Crippen LogP contribution in [0.15, 0.2) is 36.8 Å². The van der Waals surface area contributed by atoms with Crippen LogP contribution in [0.3, 0.4) is 0 Å². The number of anilines is 2. The first-order valence-electron chi connectivity index (χ1n) is 7.76. The standard InChI is InChI=1S/C17H19N5O/c1-23-7-6-22-5-4-19-17-15(22)9-14(11-21-17)13-8-12-2-3-18-16(12)20-10-13/h2-3,8-11H,4-7H2,1H3,(H,18,20)(H,19,21). The molecule has 0 saturated heterocycles. The van der Waals surface area contributed by atoms with Crippen LogP contribution >= 0.6 is 0 Å². The summed E-state index contributed by atoms with van der Waals surface area (Å²) in [5.41, 5.74) is 4.18. The molecule has 3 aromatic heterocycles. The lowest BCUT2D eigenvalue weighted by atomic mass is 10.1. The van der Waals surface area contributed by atoms with Gasteiger partial charge in [0.05, 0.1) is 12.3 Å². The molecule has 0 aliphatic carbocycles. The van der Waals surface area contributed by atoms with Crippen LogP contribution < -0.4 is 10.2 Å². The molecule has 0 atom stereocenters. The van der Waals surface area contributed by atoms with Gasteiger partial charge in [-0.2, -0.15) is 0 Å². The Hall–Kier alpha value is -2.60. The summed E-state index contributed by atoms with van der Waals surface area (Å²) in [6, 6.07) is 6.35. The van der Waals surface area contributed by atoms with Gasteiger partial charge in [0.15, 0.2) is 0 Å². The molecular formula is C17H19N5O. The minimum Gasteiger partial charge on any atom is -0.383 e. The summed E-state index contributed by atoms with van der Waals surface area (Å²) in [6.07, 6.45) is 5.70. The van der Waals surface area contributed by atoms with Crippen LogP contribution in [0, 0.1) is 0 Å². The number of fused-ring (bicyclic) bond motifs is 2. The molecule has 2 N–H and O–H groups in total. The van der Waals surface area contributed by atoms with Crippen LogP contribution in [-0.4, -0.2) is 48.3 Å². The van der Waals surface area contributed by atoms with Crippen LogP contribution in [0.25, 0.3) is 22.2 Å². The molecule has 1 aliphatic rings. The van der Waals surface area contributed by atoms with Gasteiger partial charge < -0.3 is 19.9 Å². The van der Waals surface area contributed by atoms with E-state index in [9.17, 15) is 0 Å². The highest BCUT2D eigenvalue weighted by molar-refractivity contribution is 5.83. The molecule has 118 valence electrons. The smallest absolute Gasteiger partial charge is 0.149 e. The minimum absolute atomic E-state index is 0.709. The van der Waals surface area contributed by atoms with E-state index in [1.54, 1.807) is 7.11 Å². The summed E-state index contributed by atoms with van der Waals surface area (Å²) in [4.78, 5) is 14.5. The lowest BCUT2D eigenvalue weighted by Gasteiger charge is -2.31. The highest BCUT2D eigenvalue weighted by Gasteiger charge is 2.18. The number of nitrogens with zero attached hydrogens (tertiary/aromatic N) is 3. The predicted molar refractivity (Wildman–Crippen MR) is 91.9 cm³/mol. The molecule has 6 heteroatoms. The van der Waals surface area contributed by atoms with Crippen LogP contribution in [-0.2, 0) is 4.74 Å². The second-order valence-corrected chi connectivity index (χ2v) is 5.64. The Balaban J connectivity index is 1.72. The normalized spacial score (nSPS) is 13.9. The van der Waals surface area contributed by atoms with Crippen LogP contribution in [0.5, 0.6) is 0 Å². The minimum atomic E-state index is 0.709. The number of hydrogen-bond donors (Lipinski definition) is 2. The second kappa shape index (κ2) is 5.89. The summed E-state index contributed by atoms with van der Waals surface area (Å²) in [5.74, 6) is 0.937. The third kappa shape index (κ3) is 2.61. The van der Waals surface area contributed by atoms with E-state index in [4.69, 9.17) is 4.74 Å². The van der Waals surface area contributed by atoms with E-state index >= 15 is 0 Å². The van der Waals surface area contributed by atoms with Crippen molar-refractivity contribution < 1.29 is 4.74 Å². The average Bonchev–Trinajstić information content (AvgIpc) is 3.07. The lowest BCUT2D eigenvalue weighted by Crippen LogP contribution is -2.36. The molecule has 0 amide bonds. The summed E-state index contributed by atoms with van der Waals surface area (Å²) < 4.78 is 5.22. The number of hydrogen-bond acceptors (Lipinski definition) is 5. The summed E-state index contributed by atoms with van der Waals surface area (Å²) in [6.45, 7) is 3.43. The number of pyridine rings is 2. The van der Waals surface area contributed by atoms with Gasteiger partial charge >= 0.3 is 0 Å². The zero-order valence-electron chi connectivity index (χ0n) is 13.0. The van der Waals surface area contributed by atoms with E-state index in [1.165, 1.54) is 0 Å². The molecule has 0 unspecified atom stereocenters. The van der Waals surface area contributed by atoms with Crippen molar-refractivity contribution in [2.24, 2.45) is 0 Å². The highest BCUT2D eigenvalue weighted by Crippen LogP contribution is 2.32. The first kappa shape index (κ1) is 14.0. The maximum atomic E-state index is 5.22. The zero-order chi connectivity index (χ0) is 15.6. The van der Waals surface area contributed by atoms with Gasteiger partial charge in [0, 0.05) is 61.8 Å². The molecule has 23 heavy (non-hydrogen) atoms. The highest BCUT2D eigenvalue weighted by atomic mass is 16.5. The number of ether oxygens (including phenoxy) is 1. The van der Waals surface area contributed by atoms with E-state index in [1.807, 2.05) is 24.7 Å². The third-order valence-electron chi connectivity index (χ3n) is 4.18. The molecule has 0 bridgehead atoms. The van der Waals surface area contributed by atoms with Crippen molar-refractivity contribution in [3.63, 3.8) is 0 Å². The Bertz CT molecular complexity index is 829. The molecule has 4 heterocycles. The average molecular weight is 309 g/mol. The lowest BCUT2D eigenvalue weighted by molar-refractivity contribution is 0.205. The van der Waals surface area contributed by atoms with Gasteiger partial charge in [0.1, 0.15) is 11.5 Å². The molecule has 0 saturated carbocycles. The first-order chi connectivity index (χ1) is 11.3. The molecule has 1 aliphatic heterocycles. The predicted octanol–water partition coefficient (Wildman–Crippen LogP) is 2.50. The summed E-state index contributed by atoms with van der Waals surface area (Å²) >= 11 is 0.